The number of fused-ring (bicyclic) bond motifs is 1. The lowest BCUT2D eigenvalue weighted by Crippen LogP contribution is -2.66. The monoisotopic (exact) mass is 509 g/mol. The first-order valence-electron chi connectivity index (χ1n) is 10.9. The number of hydrogen-bond acceptors (Lipinski definition) is 5. The summed E-state index contributed by atoms with van der Waals surface area (Å²) in [6.07, 6.45) is -3.21. The van der Waals surface area contributed by atoms with E-state index in [1.165, 1.54) is 11.1 Å². The van der Waals surface area contributed by atoms with Crippen LogP contribution in [-0.2, 0) is 22.4 Å². The van der Waals surface area contributed by atoms with Gasteiger partial charge in [0, 0.05) is 36.4 Å². The molecule has 2 fully saturated rings. The van der Waals surface area contributed by atoms with Gasteiger partial charge in [-0.25, -0.2) is 4.79 Å². The number of imide groups is 1. The molecule has 2 saturated heterocycles. The molecule has 0 aliphatic carbocycles. The first-order chi connectivity index (χ1) is 16.5. The number of amides is 4. The Morgan fingerprint density at radius 3 is 2.49 bits per heavy atom. The quantitative estimate of drug-likeness (QED) is 0.602. The van der Waals surface area contributed by atoms with Crippen LogP contribution in [0, 0.1) is 0 Å². The highest BCUT2D eigenvalue weighted by atomic mass is 35.5. The molecule has 0 spiro atoms. The van der Waals surface area contributed by atoms with Crippen LogP contribution in [0.3, 0.4) is 0 Å². The SMILES string of the molecule is N[C@H](Cc1ccc(Cl)cc1)C(=O)N1CCN2C(=O)N(CC(F)(F)F)C(=O)C2(Cc2ccccn2)C1. The van der Waals surface area contributed by atoms with Crippen molar-refractivity contribution in [1.82, 2.24) is 19.7 Å². The average molecular weight is 510 g/mol. The summed E-state index contributed by atoms with van der Waals surface area (Å²) in [6.45, 7) is -2.05. The zero-order valence-electron chi connectivity index (χ0n) is 18.5. The number of alkyl halides is 3. The smallest absolute Gasteiger partial charge is 0.337 e. The van der Waals surface area contributed by atoms with Crippen molar-refractivity contribution in [1.29, 1.82) is 0 Å². The van der Waals surface area contributed by atoms with Crippen molar-refractivity contribution in [3.63, 3.8) is 0 Å². The number of urea groups is 1. The van der Waals surface area contributed by atoms with E-state index in [0.717, 1.165) is 10.5 Å². The van der Waals surface area contributed by atoms with Gasteiger partial charge < -0.3 is 15.5 Å². The van der Waals surface area contributed by atoms with E-state index in [4.69, 9.17) is 17.3 Å². The van der Waals surface area contributed by atoms with Crippen molar-refractivity contribution in [3.05, 3.63) is 64.9 Å². The highest BCUT2D eigenvalue weighted by Gasteiger charge is 2.61. The maximum Gasteiger partial charge on any atom is 0.406 e. The fourth-order valence-corrected chi connectivity index (χ4v) is 4.72. The van der Waals surface area contributed by atoms with Crippen LogP contribution in [0.15, 0.2) is 48.7 Å². The largest absolute Gasteiger partial charge is 0.406 e. The predicted octanol–water partition coefficient (Wildman–Crippen LogP) is 2.25. The van der Waals surface area contributed by atoms with Gasteiger partial charge in [-0.15, -0.1) is 0 Å². The Balaban J connectivity index is 1.61. The minimum atomic E-state index is -4.76. The zero-order valence-corrected chi connectivity index (χ0v) is 19.3. The number of pyridine rings is 1. The van der Waals surface area contributed by atoms with E-state index in [0.29, 0.717) is 10.7 Å². The highest BCUT2D eigenvalue weighted by molar-refractivity contribution is 6.30. The Hall–Kier alpha value is -3.18. The van der Waals surface area contributed by atoms with Crippen LogP contribution in [0.2, 0.25) is 5.02 Å². The molecule has 2 atom stereocenters. The van der Waals surface area contributed by atoms with Crippen LogP contribution in [-0.4, -0.2) is 81.5 Å². The minimum absolute atomic E-state index is 0.0377. The molecular weight excluding hydrogens is 487 g/mol. The summed E-state index contributed by atoms with van der Waals surface area (Å²) >= 11 is 5.89. The zero-order chi connectivity index (χ0) is 25.4. The molecule has 2 N–H and O–H groups in total. The van der Waals surface area contributed by atoms with Crippen LogP contribution >= 0.6 is 11.6 Å². The molecule has 1 aromatic carbocycles. The molecule has 0 saturated carbocycles. The molecule has 2 aliphatic heterocycles. The molecule has 4 amide bonds. The minimum Gasteiger partial charge on any atom is -0.337 e. The van der Waals surface area contributed by atoms with E-state index in [1.807, 2.05) is 0 Å². The Morgan fingerprint density at radius 1 is 1.14 bits per heavy atom. The maximum atomic E-state index is 13.4. The lowest BCUT2D eigenvalue weighted by Gasteiger charge is -2.44. The number of halogens is 4. The van der Waals surface area contributed by atoms with Crippen molar-refractivity contribution >= 4 is 29.4 Å². The normalized spacial score (nSPS) is 21.3. The third-order valence-electron chi connectivity index (χ3n) is 6.20. The van der Waals surface area contributed by atoms with Gasteiger partial charge in [0.05, 0.1) is 12.6 Å². The number of nitrogens with zero attached hydrogens (tertiary/aromatic N) is 4. The molecule has 186 valence electrons. The number of piperazine rings is 1. The van der Waals surface area contributed by atoms with Crippen LogP contribution in [0.4, 0.5) is 18.0 Å². The summed E-state index contributed by atoms with van der Waals surface area (Å²) < 4.78 is 39.5. The Bertz CT molecular complexity index is 1120. The van der Waals surface area contributed by atoms with Gasteiger partial charge in [0.25, 0.3) is 5.91 Å². The number of rotatable bonds is 6. The Labute approximate surface area is 204 Å². The summed E-state index contributed by atoms with van der Waals surface area (Å²) in [5.41, 5.74) is 5.65. The number of nitrogens with two attached hydrogens (primary N) is 1. The number of benzene rings is 1. The van der Waals surface area contributed by atoms with Crippen molar-refractivity contribution in [3.8, 4) is 0 Å². The van der Waals surface area contributed by atoms with Crippen molar-refractivity contribution < 1.29 is 27.6 Å². The fraction of sp³-hybridized carbons (Fsp3) is 0.391. The van der Waals surface area contributed by atoms with Crippen molar-refractivity contribution in [2.45, 2.75) is 30.6 Å². The van der Waals surface area contributed by atoms with Gasteiger partial charge in [0.1, 0.15) is 12.1 Å². The molecule has 0 bridgehead atoms. The van der Waals surface area contributed by atoms with Gasteiger partial charge in [-0.3, -0.25) is 19.5 Å². The Morgan fingerprint density at radius 2 is 1.86 bits per heavy atom. The molecule has 12 heteroatoms. The third-order valence-corrected chi connectivity index (χ3v) is 6.45. The molecule has 3 heterocycles. The van der Waals surface area contributed by atoms with E-state index >= 15 is 0 Å². The lowest BCUT2D eigenvalue weighted by atomic mass is 9.88. The second kappa shape index (κ2) is 9.46. The summed E-state index contributed by atoms with van der Waals surface area (Å²) in [7, 11) is 0. The predicted molar refractivity (Wildman–Crippen MR) is 120 cm³/mol. The molecule has 35 heavy (non-hydrogen) atoms. The van der Waals surface area contributed by atoms with Crippen LogP contribution in [0.25, 0.3) is 0 Å². The fourth-order valence-electron chi connectivity index (χ4n) is 4.59. The van der Waals surface area contributed by atoms with Crippen molar-refractivity contribution in [2.24, 2.45) is 5.73 Å². The summed E-state index contributed by atoms with van der Waals surface area (Å²) in [5, 5.41) is 0.536. The number of aromatic nitrogens is 1. The van der Waals surface area contributed by atoms with Crippen LogP contribution in [0.5, 0.6) is 0 Å². The standard InChI is InChI=1S/C23H23ClF3N5O3/c24-16-6-4-15(5-7-16)11-18(28)19(33)30-9-10-32-21(35)31(14-23(25,26)27)20(34)22(32,13-30)12-17-3-1-2-8-29-17/h1-8,18H,9-14,28H2/t18-,22?/m1/s1. The molecule has 1 aromatic heterocycles. The van der Waals surface area contributed by atoms with Gasteiger partial charge in [0.2, 0.25) is 5.91 Å². The van der Waals surface area contributed by atoms with Crippen LogP contribution in [0.1, 0.15) is 11.3 Å². The van der Waals surface area contributed by atoms with Gasteiger partial charge >= 0.3 is 12.2 Å². The molecule has 2 aliphatic rings. The van der Waals surface area contributed by atoms with Gasteiger partial charge in [-0.2, -0.15) is 13.2 Å². The molecule has 4 rings (SSSR count). The van der Waals surface area contributed by atoms with E-state index in [2.05, 4.69) is 4.98 Å². The summed E-state index contributed by atoms with van der Waals surface area (Å²) in [5.74, 6) is -1.47. The number of hydrogen-bond donors (Lipinski definition) is 1. The molecule has 0 radical (unpaired) electrons. The number of carbonyl (C=O) groups excluding carboxylic acids is 3. The highest BCUT2D eigenvalue weighted by Crippen LogP contribution is 2.36. The maximum absolute atomic E-state index is 13.4. The second-order valence-corrected chi connectivity index (χ2v) is 9.10. The van der Waals surface area contributed by atoms with Gasteiger partial charge in [0.15, 0.2) is 0 Å². The third kappa shape index (κ3) is 5.10. The first-order valence-corrected chi connectivity index (χ1v) is 11.3. The first kappa shape index (κ1) is 24.9. The lowest BCUT2D eigenvalue weighted by molar-refractivity contribution is -0.157. The molecular formula is C23H23ClF3N5O3. The van der Waals surface area contributed by atoms with E-state index in [1.54, 1.807) is 42.5 Å². The average Bonchev–Trinajstić information content (AvgIpc) is 3.00. The van der Waals surface area contributed by atoms with Crippen molar-refractivity contribution in [2.75, 3.05) is 26.2 Å². The van der Waals surface area contributed by atoms with E-state index < -0.39 is 42.1 Å². The van der Waals surface area contributed by atoms with E-state index in [9.17, 15) is 27.6 Å². The van der Waals surface area contributed by atoms with Crippen LogP contribution < -0.4 is 5.73 Å². The second-order valence-electron chi connectivity index (χ2n) is 8.67. The molecule has 8 nitrogen and oxygen atoms in total. The van der Waals surface area contributed by atoms with E-state index in [-0.39, 0.29) is 37.4 Å². The van der Waals surface area contributed by atoms with Gasteiger partial charge in [-0.05, 0) is 36.2 Å². The topological polar surface area (TPSA) is 99.8 Å². The molecule has 2 aromatic rings. The Kier molecular flexibility index (Phi) is 6.74. The summed E-state index contributed by atoms with van der Waals surface area (Å²) in [6, 6.07) is 9.79. The molecule has 1 unspecified atom stereocenters. The number of carbonyl (C=O) groups is 3. The van der Waals surface area contributed by atoms with Gasteiger partial charge in [-0.1, -0.05) is 29.8 Å². The summed E-state index contributed by atoms with van der Waals surface area (Å²) in [4.78, 5) is 46.3.